The second-order valence-electron chi connectivity index (χ2n) is 7.74. The van der Waals surface area contributed by atoms with Crippen LogP contribution < -0.4 is 0 Å². The molecule has 6 nitrogen and oxygen atoms in total. The zero-order valence-corrected chi connectivity index (χ0v) is 17.3. The number of carboxylic acids is 1. The normalized spacial score (nSPS) is 11.2. The molecule has 0 saturated heterocycles. The van der Waals surface area contributed by atoms with Gasteiger partial charge in [-0.25, -0.2) is 14.5 Å². The summed E-state index contributed by atoms with van der Waals surface area (Å²) in [5.41, 5.74) is 2.70. The Morgan fingerprint density at radius 1 is 1.21 bits per heavy atom. The van der Waals surface area contributed by atoms with E-state index in [0.717, 1.165) is 48.5 Å². The van der Waals surface area contributed by atoms with Crippen LogP contribution in [0, 0.1) is 5.92 Å². The highest BCUT2D eigenvalue weighted by Gasteiger charge is 2.14. The molecule has 1 aromatic carbocycles. The van der Waals surface area contributed by atoms with Crippen LogP contribution in [-0.4, -0.2) is 30.8 Å². The van der Waals surface area contributed by atoms with E-state index in [4.69, 9.17) is 10.1 Å². The van der Waals surface area contributed by atoms with Crippen molar-refractivity contribution in [3.8, 4) is 11.1 Å². The second kappa shape index (κ2) is 9.45. The average molecular weight is 393 g/mol. The third-order valence-electron chi connectivity index (χ3n) is 4.73. The zero-order valence-electron chi connectivity index (χ0n) is 17.3. The Hall–Kier alpha value is -3.02. The zero-order chi connectivity index (χ0) is 20.8. The Morgan fingerprint density at radius 3 is 2.72 bits per heavy atom. The first kappa shape index (κ1) is 20.7. The molecule has 0 spiro atoms. The number of carboxylic acid groups (broad SMARTS) is 1. The summed E-state index contributed by atoms with van der Waals surface area (Å²) in [7, 11) is 0. The molecule has 6 heteroatoms. The number of nitrogens with zero attached hydrogens (tertiary/aromatic N) is 4. The number of carbonyl (C=O) groups is 1. The van der Waals surface area contributed by atoms with Gasteiger partial charge in [0.15, 0.2) is 5.82 Å². The maximum atomic E-state index is 11.6. The van der Waals surface area contributed by atoms with E-state index < -0.39 is 5.97 Å². The molecule has 1 N–H and O–H groups in total. The third-order valence-corrected chi connectivity index (χ3v) is 4.73. The third kappa shape index (κ3) is 5.28. The molecule has 0 bridgehead atoms. The van der Waals surface area contributed by atoms with Crippen LogP contribution in [0.25, 0.3) is 11.1 Å². The standard InChI is InChI=1S/C23H28N4O2/c1-4-5-10-22-25-21(11-16(2)3)26-27(22)15-17-12-18(14-24-13-17)19-8-6-7-9-20(19)23(28)29/h6-9,12-14,16H,4-5,10-11,15H2,1-3H3,(H,28,29). The first-order valence-electron chi connectivity index (χ1n) is 10.2. The number of hydrogen-bond donors (Lipinski definition) is 1. The Kier molecular flexibility index (Phi) is 6.75. The maximum Gasteiger partial charge on any atom is 0.336 e. The van der Waals surface area contributed by atoms with Crippen molar-refractivity contribution >= 4 is 5.97 Å². The molecular weight excluding hydrogens is 364 g/mol. The molecule has 0 amide bonds. The van der Waals surface area contributed by atoms with Gasteiger partial charge in [-0.15, -0.1) is 0 Å². The van der Waals surface area contributed by atoms with Crippen molar-refractivity contribution in [1.82, 2.24) is 19.7 Å². The highest BCUT2D eigenvalue weighted by atomic mass is 16.4. The van der Waals surface area contributed by atoms with Crippen molar-refractivity contribution in [1.29, 1.82) is 0 Å². The highest BCUT2D eigenvalue weighted by Crippen LogP contribution is 2.24. The molecule has 0 unspecified atom stereocenters. The summed E-state index contributed by atoms with van der Waals surface area (Å²) in [4.78, 5) is 20.7. The highest BCUT2D eigenvalue weighted by molar-refractivity contribution is 5.95. The lowest BCUT2D eigenvalue weighted by molar-refractivity contribution is 0.0697. The molecule has 0 saturated carbocycles. The van der Waals surface area contributed by atoms with Gasteiger partial charge in [-0.1, -0.05) is 45.4 Å². The molecule has 0 aliphatic rings. The van der Waals surface area contributed by atoms with Crippen LogP contribution in [0.15, 0.2) is 42.7 Å². The summed E-state index contributed by atoms with van der Waals surface area (Å²) in [6.07, 6.45) is 7.45. The van der Waals surface area contributed by atoms with Crippen molar-refractivity contribution in [2.24, 2.45) is 5.92 Å². The van der Waals surface area contributed by atoms with Crippen LogP contribution in [0.3, 0.4) is 0 Å². The van der Waals surface area contributed by atoms with Crippen LogP contribution in [0.2, 0.25) is 0 Å². The Labute approximate surface area is 171 Å². The van der Waals surface area contributed by atoms with Crippen LogP contribution >= 0.6 is 0 Å². The molecule has 0 radical (unpaired) electrons. The molecule has 0 atom stereocenters. The van der Waals surface area contributed by atoms with E-state index >= 15 is 0 Å². The van der Waals surface area contributed by atoms with Crippen molar-refractivity contribution in [3.63, 3.8) is 0 Å². The minimum atomic E-state index is -0.942. The molecule has 29 heavy (non-hydrogen) atoms. The molecule has 2 aromatic heterocycles. The number of pyridine rings is 1. The van der Waals surface area contributed by atoms with E-state index in [9.17, 15) is 9.90 Å². The van der Waals surface area contributed by atoms with Crippen molar-refractivity contribution in [2.45, 2.75) is 53.0 Å². The van der Waals surface area contributed by atoms with Gasteiger partial charge in [-0.3, -0.25) is 4.98 Å². The number of hydrogen-bond acceptors (Lipinski definition) is 4. The number of rotatable bonds is 9. The van der Waals surface area contributed by atoms with Gasteiger partial charge < -0.3 is 5.11 Å². The monoisotopic (exact) mass is 392 g/mol. The summed E-state index contributed by atoms with van der Waals surface area (Å²) in [5, 5.41) is 14.2. The summed E-state index contributed by atoms with van der Waals surface area (Å²) in [6, 6.07) is 8.99. The first-order chi connectivity index (χ1) is 14.0. The average Bonchev–Trinajstić information content (AvgIpc) is 3.06. The molecule has 0 aliphatic carbocycles. The minimum absolute atomic E-state index is 0.273. The van der Waals surface area contributed by atoms with E-state index in [1.165, 1.54) is 0 Å². The lowest BCUT2D eigenvalue weighted by Crippen LogP contribution is -2.08. The Bertz CT molecular complexity index is 979. The van der Waals surface area contributed by atoms with Gasteiger partial charge >= 0.3 is 5.97 Å². The summed E-state index contributed by atoms with van der Waals surface area (Å²) in [5.74, 6) is 1.44. The smallest absolute Gasteiger partial charge is 0.336 e. The van der Waals surface area contributed by atoms with Crippen molar-refractivity contribution in [3.05, 3.63) is 65.5 Å². The van der Waals surface area contributed by atoms with Crippen LogP contribution in [0.1, 0.15) is 61.2 Å². The molecular formula is C23H28N4O2. The van der Waals surface area contributed by atoms with Gasteiger partial charge in [0.2, 0.25) is 0 Å². The predicted molar refractivity (Wildman–Crippen MR) is 113 cm³/mol. The van der Waals surface area contributed by atoms with E-state index in [1.807, 2.05) is 22.9 Å². The lowest BCUT2D eigenvalue weighted by atomic mass is 10.00. The van der Waals surface area contributed by atoms with E-state index in [-0.39, 0.29) is 5.56 Å². The molecule has 0 aliphatic heterocycles. The number of unbranched alkanes of at least 4 members (excludes halogenated alkanes) is 1. The molecule has 3 rings (SSSR count). The maximum absolute atomic E-state index is 11.6. The summed E-state index contributed by atoms with van der Waals surface area (Å²) >= 11 is 0. The Balaban J connectivity index is 1.91. The van der Waals surface area contributed by atoms with E-state index in [2.05, 4.69) is 25.8 Å². The fourth-order valence-electron chi connectivity index (χ4n) is 3.34. The molecule has 152 valence electrons. The number of aromatic nitrogens is 4. The SMILES string of the molecule is CCCCc1nc(CC(C)C)nn1Cc1cncc(-c2ccccc2C(=O)O)c1. The number of benzene rings is 1. The summed E-state index contributed by atoms with van der Waals surface area (Å²) < 4.78 is 1.97. The molecule has 0 fully saturated rings. The first-order valence-corrected chi connectivity index (χ1v) is 10.2. The Morgan fingerprint density at radius 2 is 2.00 bits per heavy atom. The summed E-state index contributed by atoms with van der Waals surface area (Å²) in [6.45, 7) is 7.07. The van der Waals surface area contributed by atoms with E-state index in [0.29, 0.717) is 18.0 Å². The number of aromatic carboxylic acids is 1. The molecule has 3 aromatic rings. The second-order valence-corrected chi connectivity index (χ2v) is 7.74. The largest absolute Gasteiger partial charge is 0.478 e. The van der Waals surface area contributed by atoms with Crippen LogP contribution in [0.5, 0.6) is 0 Å². The lowest BCUT2D eigenvalue weighted by Gasteiger charge is -2.09. The fourth-order valence-corrected chi connectivity index (χ4v) is 3.34. The van der Waals surface area contributed by atoms with Gasteiger partial charge in [-0.2, -0.15) is 5.10 Å². The van der Waals surface area contributed by atoms with Crippen LogP contribution in [-0.2, 0) is 19.4 Å². The minimum Gasteiger partial charge on any atom is -0.478 e. The van der Waals surface area contributed by atoms with Gasteiger partial charge in [0.25, 0.3) is 0 Å². The van der Waals surface area contributed by atoms with Gasteiger partial charge in [0.1, 0.15) is 5.82 Å². The van der Waals surface area contributed by atoms with Gasteiger partial charge in [0, 0.05) is 30.8 Å². The quantitative estimate of drug-likeness (QED) is 0.574. The van der Waals surface area contributed by atoms with Crippen molar-refractivity contribution in [2.75, 3.05) is 0 Å². The van der Waals surface area contributed by atoms with Crippen LogP contribution in [0.4, 0.5) is 0 Å². The van der Waals surface area contributed by atoms with Gasteiger partial charge in [0.05, 0.1) is 12.1 Å². The van der Waals surface area contributed by atoms with E-state index in [1.54, 1.807) is 24.5 Å². The number of aryl methyl sites for hydroxylation is 1. The van der Waals surface area contributed by atoms with Gasteiger partial charge in [-0.05, 0) is 35.6 Å². The topological polar surface area (TPSA) is 80.9 Å². The predicted octanol–water partition coefficient (Wildman–Crippen LogP) is 4.63. The van der Waals surface area contributed by atoms with Crippen molar-refractivity contribution < 1.29 is 9.90 Å². The molecule has 2 heterocycles. The fraction of sp³-hybridized carbons (Fsp3) is 0.391.